The summed E-state index contributed by atoms with van der Waals surface area (Å²) in [4.78, 5) is 27.8. The van der Waals surface area contributed by atoms with E-state index in [2.05, 4.69) is 10.7 Å². The van der Waals surface area contributed by atoms with E-state index in [1.54, 1.807) is 29.5 Å². The smallest absolute Gasteiger partial charge is 0.335 e. The zero-order valence-corrected chi connectivity index (χ0v) is 15.6. The van der Waals surface area contributed by atoms with Crippen LogP contribution in [0.2, 0.25) is 0 Å². The van der Waals surface area contributed by atoms with Crippen LogP contribution in [0.4, 0.5) is 0 Å². The van der Waals surface area contributed by atoms with Crippen LogP contribution in [-0.4, -0.2) is 28.5 Å². The molecule has 2 aromatic rings. The number of aromatic carboxylic acids is 1. The van der Waals surface area contributed by atoms with Gasteiger partial charge >= 0.3 is 5.97 Å². The predicted octanol–water partition coefficient (Wildman–Crippen LogP) is 3.79. The van der Waals surface area contributed by atoms with E-state index < -0.39 is 5.97 Å². The fourth-order valence-corrected chi connectivity index (χ4v) is 4.28. The SMILES string of the molecule is O=C(Cc1cccc(C(=O)O)c1)NCCc1nc(C2CCCCC2)cs1. The summed E-state index contributed by atoms with van der Waals surface area (Å²) in [6, 6.07) is 6.49. The Morgan fingerprint density at radius 2 is 2.04 bits per heavy atom. The van der Waals surface area contributed by atoms with Crippen molar-refractivity contribution < 1.29 is 14.7 Å². The summed E-state index contributed by atoms with van der Waals surface area (Å²) in [6.07, 6.45) is 7.36. The normalized spacial score (nSPS) is 14.9. The Hall–Kier alpha value is -2.21. The van der Waals surface area contributed by atoms with Gasteiger partial charge in [0.1, 0.15) is 0 Å². The van der Waals surface area contributed by atoms with Crippen molar-refractivity contribution in [2.75, 3.05) is 6.54 Å². The molecular weight excluding hydrogens is 348 g/mol. The number of rotatable bonds is 7. The molecule has 0 aliphatic heterocycles. The second-order valence-electron chi connectivity index (χ2n) is 6.78. The topological polar surface area (TPSA) is 79.3 Å². The van der Waals surface area contributed by atoms with Gasteiger partial charge in [0.2, 0.25) is 5.91 Å². The summed E-state index contributed by atoms with van der Waals surface area (Å²) in [5.74, 6) is -0.466. The Kier molecular flexibility index (Phi) is 6.39. The molecule has 1 saturated carbocycles. The van der Waals surface area contributed by atoms with E-state index in [0.717, 1.165) is 11.4 Å². The van der Waals surface area contributed by atoms with Gasteiger partial charge in [-0.1, -0.05) is 31.4 Å². The van der Waals surface area contributed by atoms with Crippen LogP contribution in [0, 0.1) is 0 Å². The molecule has 1 aromatic carbocycles. The molecule has 26 heavy (non-hydrogen) atoms. The van der Waals surface area contributed by atoms with E-state index in [1.807, 2.05) is 0 Å². The number of carboxylic acid groups (broad SMARTS) is 1. The predicted molar refractivity (Wildman–Crippen MR) is 102 cm³/mol. The number of carbonyl (C=O) groups excluding carboxylic acids is 1. The lowest BCUT2D eigenvalue weighted by Gasteiger charge is -2.19. The van der Waals surface area contributed by atoms with Crippen LogP contribution in [0.15, 0.2) is 29.6 Å². The molecule has 1 aromatic heterocycles. The van der Waals surface area contributed by atoms with Gasteiger partial charge in [-0.15, -0.1) is 11.3 Å². The zero-order valence-electron chi connectivity index (χ0n) is 14.7. The van der Waals surface area contributed by atoms with E-state index in [4.69, 9.17) is 10.1 Å². The van der Waals surface area contributed by atoms with Gasteiger partial charge in [-0.2, -0.15) is 0 Å². The molecule has 5 nitrogen and oxygen atoms in total. The van der Waals surface area contributed by atoms with E-state index in [0.29, 0.717) is 18.0 Å². The van der Waals surface area contributed by atoms with Gasteiger partial charge in [-0.25, -0.2) is 9.78 Å². The highest BCUT2D eigenvalue weighted by Crippen LogP contribution is 2.33. The number of aromatic nitrogens is 1. The van der Waals surface area contributed by atoms with Crippen LogP contribution in [-0.2, 0) is 17.6 Å². The minimum atomic E-state index is -0.982. The molecule has 2 N–H and O–H groups in total. The number of amides is 1. The van der Waals surface area contributed by atoms with E-state index in [9.17, 15) is 9.59 Å². The number of benzene rings is 1. The van der Waals surface area contributed by atoms with Crippen molar-refractivity contribution in [1.82, 2.24) is 10.3 Å². The van der Waals surface area contributed by atoms with E-state index in [-0.39, 0.29) is 17.9 Å². The summed E-state index contributed by atoms with van der Waals surface area (Å²) in [7, 11) is 0. The Morgan fingerprint density at radius 1 is 1.23 bits per heavy atom. The molecule has 3 rings (SSSR count). The first-order valence-electron chi connectivity index (χ1n) is 9.15. The van der Waals surface area contributed by atoms with Gasteiger partial charge < -0.3 is 10.4 Å². The molecule has 0 unspecified atom stereocenters. The highest BCUT2D eigenvalue weighted by molar-refractivity contribution is 7.09. The van der Waals surface area contributed by atoms with Crippen LogP contribution < -0.4 is 5.32 Å². The molecule has 6 heteroatoms. The lowest BCUT2D eigenvalue weighted by molar-refractivity contribution is -0.120. The molecule has 0 bridgehead atoms. The Balaban J connectivity index is 1.44. The van der Waals surface area contributed by atoms with Crippen LogP contribution in [0.25, 0.3) is 0 Å². The molecule has 0 saturated heterocycles. The Bertz CT molecular complexity index is 766. The van der Waals surface area contributed by atoms with Crippen LogP contribution in [0.5, 0.6) is 0 Å². The standard InChI is InChI=1S/C20H24N2O3S/c23-18(12-14-5-4-8-16(11-14)20(24)25)21-10-9-19-22-17(13-26-19)15-6-2-1-3-7-15/h4-5,8,11,13,15H,1-3,6-7,9-10,12H2,(H,21,23)(H,24,25). The highest BCUT2D eigenvalue weighted by atomic mass is 32.1. The first-order valence-corrected chi connectivity index (χ1v) is 10.0. The third-order valence-corrected chi connectivity index (χ3v) is 5.72. The summed E-state index contributed by atoms with van der Waals surface area (Å²) in [5, 5.41) is 15.1. The monoisotopic (exact) mass is 372 g/mol. The largest absolute Gasteiger partial charge is 0.478 e. The molecule has 138 valence electrons. The Labute approximate surface area is 157 Å². The summed E-state index contributed by atoms with van der Waals surface area (Å²) in [6.45, 7) is 0.551. The average molecular weight is 372 g/mol. The van der Waals surface area contributed by atoms with Crippen LogP contribution in [0.1, 0.15) is 64.6 Å². The van der Waals surface area contributed by atoms with E-state index >= 15 is 0 Å². The molecule has 1 fully saturated rings. The fourth-order valence-electron chi connectivity index (χ4n) is 3.40. The minimum absolute atomic E-state index is 0.100. The fraction of sp³-hybridized carbons (Fsp3) is 0.450. The first-order chi connectivity index (χ1) is 12.6. The maximum atomic E-state index is 12.1. The van der Waals surface area contributed by atoms with Crippen LogP contribution in [0.3, 0.4) is 0 Å². The lowest BCUT2D eigenvalue weighted by Crippen LogP contribution is -2.27. The number of nitrogens with one attached hydrogen (secondary N) is 1. The van der Waals surface area contributed by atoms with Gasteiger partial charge in [-0.05, 0) is 30.5 Å². The maximum Gasteiger partial charge on any atom is 0.335 e. The summed E-state index contributed by atoms with van der Waals surface area (Å²) >= 11 is 1.68. The molecule has 1 amide bonds. The third kappa shape index (κ3) is 5.14. The van der Waals surface area contributed by atoms with Crippen molar-refractivity contribution >= 4 is 23.2 Å². The molecule has 0 spiro atoms. The number of nitrogens with zero attached hydrogens (tertiary/aromatic N) is 1. The van der Waals surface area contributed by atoms with Crippen molar-refractivity contribution in [2.45, 2.75) is 50.9 Å². The molecular formula is C20H24N2O3S. The van der Waals surface area contributed by atoms with Gasteiger partial charge in [-0.3, -0.25) is 4.79 Å². The number of thiazole rings is 1. The maximum absolute atomic E-state index is 12.1. The summed E-state index contributed by atoms with van der Waals surface area (Å²) < 4.78 is 0. The van der Waals surface area contributed by atoms with Gasteiger partial charge in [0.05, 0.1) is 22.7 Å². The molecule has 1 aliphatic carbocycles. The number of carbonyl (C=O) groups is 2. The second kappa shape index (κ2) is 8.94. The van der Waals surface area contributed by atoms with E-state index in [1.165, 1.54) is 43.9 Å². The average Bonchev–Trinajstić information content (AvgIpc) is 3.11. The highest BCUT2D eigenvalue weighted by Gasteiger charge is 2.18. The second-order valence-corrected chi connectivity index (χ2v) is 7.73. The van der Waals surface area contributed by atoms with Gasteiger partial charge in [0.25, 0.3) is 0 Å². The summed E-state index contributed by atoms with van der Waals surface area (Å²) in [5.41, 5.74) is 2.13. The zero-order chi connectivity index (χ0) is 18.4. The van der Waals surface area contributed by atoms with Crippen molar-refractivity contribution in [2.24, 2.45) is 0 Å². The molecule has 0 atom stereocenters. The molecule has 1 aliphatic rings. The minimum Gasteiger partial charge on any atom is -0.478 e. The third-order valence-electron chi connectivity index (χ3n) is 4.79. The lowest BCUT2D eigenvalue weighted by atomic mass is 9.87. The van der Waals surface area contributed by atoms with Crippen molar-refractivity contribution in [3.8, 4) is 0 Å². The molecule has 0 radical (unpaired) electrons. The van der Waals surface area contributed by atoms with Crippen molar-refractivity contribution in [1.29, 1.82) is 0 Å². The van der Waals surface area contributed by atoms with Gasteiger partial charge in [0.15, 0.2) is 0 Å². The van der Waals surface area contributed by atoms with Crippen LogP contribution >= 0.6 is 11.3 Å². The van der Waals surface area contributed by atoms with Gasteiger partial charge in [0, 0.05) is 24.3 Å². The number of carboxylic acids is 1. The van der Waals surface area contributed by atoms with Crippen molar-refractivity contribution in [3.63, 3.8) is 0 Å². The number of hydrogen-bond acceptors (Lipinski definition) is 4. The quantitative estimate of drug-likeness (QED) is 0.775. The number of hydrogen-bond donors (Lipinski definition) is 2. The Morgan fingerprint density at radius 3 is 2.81 bits per heavy atom. The van der Waals surface area contributed by atoms with Crippen molar-refractivity contribution in [3.05, 3.63) is 51.5 Å². The molecule has 1 heterocycles. The first kappa shape index (κ1) is 18.6.